The Bertz CT molecular complexity index is 1930. The second-order valence-corrected chi connectivity index (χ2v) is 11.9. The number of pyridine rings is 2. The van der Waals surface area contributed by atoms with Gasteiger partial charge >= 0.3 is 5.97 Å². The zero-order chi connectivity index (χ0) is 30.5. The van der Waals surface area contributed by atoms with Gasteiger partial charge in [0.15, 0.2) is 5.65 Å². The lowest BCUT2D eigenvalue weighted by Gasteiger charge is -2.43. The Balaban J connectivity index is 1.23. The van der Waals surface area contributed by atoms with Crippen molar-refractivity contribution in [2.75, 3.05) is 50.1 Å². The normalized spacial score (nSPS) is 17.1. The number of likely N-dealkylation sites (N-methyl/N-ethyl adjacent to an activating group) is 1. The average molecular weight is 615 g/mol. The third-order valence-electron chi connectivity index (χ3n) is 8.61. The number of aromatic nitrogens is 5. The fraction of sp³-hybridized carbons (Fsp3) is 0.323. The smallest absolute Gasteiger partial charge is 0.341 e. The molecule has 1 aromatic carbocycles. The number of rotatable bonds is 8. The molecule has 4 aromatic heterocycles. The topological polar surface area (TPSA) is 121 Å². The summed E-state index contributed by atoms with van der Waals surface area (Å²) in [5, 5.41) is 10.4. The molecule has 6 heterocycles. The summed E-state index contributed by atoms with van der Waals surface area (Å²) in [6, 6.07) is 7.74. The van der Waals surface area contributed by atoms with Gasteiger partial charge in [-0.1, -0.05) is 11.6 Å². The zero-order valence-corrected chi connectivity index (χ0v) is 25.1. The van der Waals surface area contributed by atoms with Crippen LogP contribution in [-0.2, 0) is 0 Å². The molecule has 5 aromatic rings. The molecule has 0 radical (unpaired) electrons. The number of nitrogens with zero attached hydrogens (tertiary/aromatic N) is 8. The molecule has 44 heavy (non-hydrogen) atoms. The van der Waals surface area contributed by atoms with Crippen LogP contribution in [0.15, 0.2) is 66.2 Å². The number of carboxylic acid groups (broad SMARTS) is 1. The molecule has 13 heteroatoms. The van der Waals surface area contributed by atoms with Crippen LogP contribution in [-0.4, -0.2) is 92.3 Å². The fourth-order valence-corrected chi connectivity index (χ4v) is 6.30. The van der Waals surface area contributed by atoms with Gasteiger partial charge in [0.1, 0.15) is 18.0 Å². The van der Waals surface area contributed by atoms with E-state index in [2.05, 4.69) is 43.7 Å². The first-order valence-electron chi connectivity index (χ1n) is 14.5. The summed E-state index contributed by atoms with van der Waals surface area (Å²) in [4.78, 5) is 45.3. The third-order valence-corrected chi connectivity index (χ3v) is 8.91. The summed E-state index contributed by atoms with van der Waals surface area (Å²) in [5.74, 6) is -0.00108. The van der Waals surface area contributed by atoms with E-state index in [0.29, 0.717) is 40.4 Å². The number of imidazole rings is 1. The van der Waals surface area contributed by atoms with E-state index in [1.807, 2.05) is 35.0 Å². The molecule has 2 aliphatic rings. The molecule has 2 fully saturated rings. The minimum Gasteiger partial charge on any atom is -0.477 e. The van der Waals surface area contributed by atoms with Crippen molar-refractivity contribution in [3.05, 3.63) is 82.3 Å². The van der Waals surface area contributed by atoms with E-state index in [4.69, 9.17) is 16.3 Å². The first kappa shape index (κ1) is 28.1. The number of ether oxygens (including phenoxy) is 1. The molecule has 0 spiro atoms. The van der Waals surface area contributed by atoms with Gasteiger partial charge in [0.05, 0.1) is 34.2 Å². The molecule has 1 atom stereocenters. The van der Waals surface area contributed by atoms with Crippen molar-refractivity contribution in [2.45, 2.75) is 24.9 Å². The zero-order valence-electron chi connectivity index (χ0n) is 24.3. The number of carboxylic acids is 1. The number of benzene rings is 1. The molecular weight excluding hydrogens is 584 g/mol. The van der Waals surface area contributed by atoms with Gasteiger partial charge in [-0.05, 0) is 51.2 Å². The number of aromatic carboxylic acids is 1. The molecule has 1 N–H and O–H groups in total. The first-order valence-corrected chi connectivity index (χ1v) is 14.8. The number of hydrogen-bond acceptors (Lipinski definition) is 9. The van der Waals surface area contributed by atoms with Crippen LogP contribution in [0.5, 0.6) is 5.88 Å². The Morgan fingerprint density at radius 2 is 1.93 bits per heavy atom. The molecule has 2 saturated heterocycles. The van der Waals surface area contributed by atoms with E-state index in [9.17, 15) is 14.7 Å². The van der Waals surface area contributed by atoms with E-state index < -0.39 is 11.4 Å². The van der Waals surface area contributed by atoms with Crippen molar-refractivity contribution < 1.29 is 14.6 Å². The fourth-order valence-electron chi connectivity index (χ4n) is 6.03. The van der Waals surface area contributed by atoms with Gasteiger partial charge in [0, 0.05) is 62.0 Å². The van der Waals surface area contributed by atoms with Gasteiger partial charge in [0.25, 0.3) is 5.88 Å². The highest BCUT2D eigenvalue weighted by Gasteiger charge is 2.30. The van der Waals surface area contributed by atoms with E-state index in [1.54, 1.807) is 29.2 Å². The summed E-state index contributed by atoms with van der Waals surface area (Å²) in [7, 11) is 4.13. The van der Waals surface area contributed by atoms with Gasteiger partial charge < -0.3 is 33.5 Å². The summed E-state index contributed by atoms with van der Waals surface area (Å²) >= 11 is 6.82. The van der Waals surface area contributed by atoms with Crippen LogP contribution in [0.4, 0.5) is 11.5 Å². The van der Waals surface area contributed by atoms with Crippen molar-refractivity contribution in [3.63, 3.8) is 0 Å². The molecule has 0 aliphatic carbocycles. The largest absolute Gasteiger partial charge is 0.477 e. The molecule has 7 rings (SSSR count). The monoisotopic (exact) mass is 614 g/mol. The van der Waals surface area contributed by atoms with Gasteiger partial charge in [-0.25, -0.2) is 19.7 Å². The lowest BCUT2D eigenvalue weighted by molar-refractivity contribution is 0.0695. The number of halogens is 1. The standard InChI is InChI=1S/C31H31ClN8O4/c1-36(2)21-15-38(16-21)27-6-5-19(14-35-27)40-17-23(31(42)43)28(41)22-12-24(32)26(13-25(22)40)39-9-3-4-20(39)18-44-30-29-33-7-10-37(29)11-8-34-30/h5-8,10-14,17,20-21H,3-4,9,15-16,18H2,1-2H3,(H,42,43)/t20-/m1/s1. The molecule has 0 bridgehead atoms. The maximum Gasteiger partial charge on any atom is 0.341 e. The maximum absolute atomic E-state index is 13.3. The van der Waals surface area contributed by atoms with Gasteiger partial charge in [0.2, 0.25) is 5.43 Å². The highest BCUT2D eigenvalue weighted by molar-refractivity contribution is 6.34. The lowest BCUT2D eigenvalue weighted by Crippen LogP contribution is -2.57. The van der Waals surface area contributed by atoms with Crippen LogP contribution >= 0.6 is 11.6 Å². The lowest BCUT2D eigenvalue weighted by atomic mass is 10.1. The summed E-state index contributed by atoms with van der Waals surface area (Å²) in [6.45, 7) is 2.89. The second kappa shape index (κ2) is 11.1. The summed E-state index contributed by atoms with van der Waals surface area (Å²) < 4.78 is 9.71. The highest BCUT2D eigenvalue weighted by Crippen LogP contribution is 2.36. The van der Waals surface area contributed by atoms with Crippen LogP contribution < -0.4 is 20.0 Å². The molecule has 226 valence electrons. The molecule has 0 amide bonds. The summed E-state index contributed by atoms with van der Waals surface area (Å²) in [5.41, 5.74) is 1.64. The van der Waals surface area contributed by atoms with Crippen molar-refractivity contribution in [2.24, 2.45) is 0 Å². The van der Waals surface area contributed by atoms with Crippen LogP contribution in [0.3, 0.4) is 0 Å². The number of anilines is 2. The molecule has 0 saturated carbocycles. The minimum absolute atomic E-state index is 0.00361. The highest BCUT2D eigenvalue weighted by atomic mass is 35.5. The van der Waals surface area contributed by atoms with Crippen LogP contribution in [0.1, 0.15) is 23.2 Å². The Morgan fingerprint density at radius 1 is 1.14 bits per heavy atom. The Morgan fingerprint density at radius 3 is 2.66 bits per heavy atom. The van der Waals surface area contributed by atoms with E-state index >= 15 is 0 Å². The second-order valence-electron chi connectivity index (χ2n) is 11.5. The van der Waals surface area contributed by atoms with Crippen molar-refractivity contribution in [1.29, 1.82) is 0 Å². The average Bonchev–Trinajstić information content (AvgIpc) is 3.66. The predicted molar refractivity (Wildman–Crippen MR) is 168 cm³/mol. The SMILES string of the molecule is CN(C)C1CN(c2ccc(-n3cc(C(=O)O)c(=O)c4cc(Cl)c(N5CCC[C@@H]5COc5nccn6ccnc56)cc43)cn2)C1. The number of hydrogen-bond donors (Lipinski definition) is 1. The first-order chi connectivity index (χ1) is 21.3. The van der Waals surface area contributed by atoms with Gasteiger partial charge in [-0.2, -0.15) is 0 Å². The van der Waals surface area contributed by atoms with Crippen molar-refractivity contribution in [3.8, 4) is 11.6 Å². The quantitative estimate of drug-likeness (QED) is 0.278. The van der Waals surface area contributed by atoms with Crippen LogP contribution in [0, 0.1) is 0 Å². The van der Waals surface area contributed by atoms with Crippen LogP contribution in [0.25, 0.3) is 22.2 Å². The Hall–Kier alpha value is -4.68. The van der Waals surface area contributed by atoms with Crippen molar-refractivity contribution >= 4 is 45.6 Å². The predicted octanol–water partition coefficient (Wildman–Crippen LogP) is 3.58. The van der Waals surface area contributed by atoms with E-state index in [1.165, 1.54) is 6.20 Å². The Labute approximate surface area is 257 Å². The third kappa shape index (κ3) is 4.89. The van der Waals surface area contributed by atoms with E-state index in [0.717, 1.165) is 44.0 Å². The van der Waals surface area contributed by atoms with E-state index in [-0.39, 0.29) is 17.0 Å². The molecule has 0 unspecified atom stereocenters. The van der Waals surface area contributed by atoms with Crippen LogP contribution in [0.2, 0.25) is 5.02 Å². The maximum atomic E-state index is 13.3. The molecule has 12 nitrogen and oxygen atoms in total. The number of carbonyl (C=O) groups is 1. The van der Waals surface area contributed by atoms with Gasteiger partial charge in [-0.15, -0.1) is 0 Å². The van der Waals surface area contributed by atoms with Gasteiger partial charge in [-0.3, -0.25) is 4.79 Å². The minimum atomic E-state index is -1.30. The molecule has 2 aliphatic heterocycles. The molecular formula is C31H31ClN8O4. The summed E-state index contributed by atoms with van der Waals surface area (Å²) in [6.07, 6.45) is 11.9. The number of fused-ring (bicyclic) bond motifs is 2. The van der Waals surface area contributed by atoms with Crippen molar-refractivity contribution in [1.82, 2.24) is 28.8 Å². The Kier molecular flexibility index (Phi) is 7.10.